The molecule has 0 saturated carbocycles. The van der Waals surface area contributed by atoms with E-state index >= 15 is 0 Å². The Labute approximate surface area is 187 Å². The average molecular weight is 442 g/mol. The Kier molecular flexibility index (Phi) is 6.66. The van der Waals surface area contributed by atoms with E-state index in [0.29, 0.717) is 12.8 Å². The lowest BCUT2D eigenvalue weighted by Crippen LogP contribution is -2.50. The molecule has 0 radical (unpaired) electrons. The molecule has 31 heavy (non-hydrogen) atoms. The topological polar surface area (TPSA) is 54.5 Å². The highest BCUT2D eigenvalue weighted by atomic mass is 32.2. The van der Waals surface area contributed by atoms with Gasteiger partial charge in [0.2, 0.25) is 5.91 Å². The molecule has 3 rings (SSSR count). The molecule has 1 heterocycles. The van der Waals surface area contributed by atoms with Crippen molar-refractivity contribution in [3.8, 4) is 0 Å². The van der Waals surface area contributed by atoms with Crippen molar-refractivity contribution in [1.29, 1.82) is 0 Å². The van der Waals surface area contributed by atoms with E-state index in [2.05, 4.69) is 33.4 Å². The third kappa shape index (κ3) is 4.05. The van der Waals surface area contributed by atoms with Crippen LogP contribution in [-0.2, 0) is 14.8 Å². The maximum absolute atomic E-state index is 14.2. The summed E-state index contributed by atoms with van der Waals surface area (Å²) in [7, 11) is -3.93. The van der Waals surface area contributed by atoms with E-state index in [-0.39, 0.29) is 35.1 Å². The van der Waals surface area contributed by atoms with Crippen molar-refractivity contribution >= 4 is 15.9 Å². The van der Waals surface area contributed by atoms with Crippen LogP contribution in [0.2, 0.25) is 0 Å². The Bertz CT molecular complexity index is 1020. The fraction of sp³-hybridized carbons (Fsp3) is 0.500. The van der Waals surface area contributed by atoms with Crippen LogP contribution in [0.15, 0.2) is 65.1 Å². The van der Waals surface area contributed by atoms with Gasteiger partial charge in [0, 0.05) is 12.5 Å². The number of carbonyl (C=O) groups excluding carboxylic acids is 1. The second-order valence-corrected chi connectivity index (χ2v) is 11.2. The van der Waals surface area contributed by atoms with Crippen molar-refractivity contribution in [2.75, 3.05) is 6.54 Å². The third-order valence-corrected chi connectivity index (χ3v) is 9.18. The number of aryl methyl sites for hydroxylation is 1. The molecule has 0 N–H and O–H groups in total. The van der Waals surface area contributed by atoms with Gasteiger partial charge in [-0.05, 0) is 69.6 Å². The summed E-state index contributed by atoms with van der Waals surface area (Å²) in [5.41, 5.74) is 2.52. The summed E-state index contributed by atoms with van der Waals surface area (Å²) in [6.45, 7) is 14.3. The highest BCUT2D eigenvalue weighted by Gasteiger charge is 2.54. The van der Waals surface area contributed by atoms with E-state index < -0.39 is 15.4 Å². The molecule has 1 saturated heterocycles. The zero-order chi connectivity index (χ0) is 23.0. The van der Waals surface area contributed by atoms with Gasteiger partial charge >= 0.3 is 0 Å². The molecule has 4 nitrogen and oxygen atoms in total. The number of hydrogen-bond acceptors (Lipinski definition) is 3. The minimum absolute atomic E-state index is 0.0832. The first-order valence-electron chi connectivity index (χ1n) is 11.2. The second kappa shape index (κ2) is 8.78. The molecule has 2 aliphatic rings. The number of amides is 1. The Morgan fingerprint density at radius 2 is 1.77 bits per heavy atom. The van der Waals surface area contributed by atoms with E-state index in [0.717, 1.165) is 17.6 Å². The summed E-state index contributed by atoms with van der Waals surface area (Å²) in [6.07, 6.45) is 8.00. The van der Waals surface area contributed by atoms with Gasteiger partial charge < -0.3 is 0 Å². The molecule has 1 aromatic rings. The van der Waals surface area contributed by atoms with Crippen LogP contribution >= 0.6 is 0 Å². The molecule has 0 bridgehead atoms. The Hall–Kier alpha value is -2.14. The molecular formula is C26H35NO3S. The van der Waals surface area contributed by atoms with Crippen LogP contribution in [0.5, 0.6) is 0 Å². The van der Waals surface area contributed by atoms with Crippen LogP contribution in [0.3, 0.4) is 0 Å². The molecule has 1 aliphatic carbocycles. The zero-order valence-electron chi connectivity index (χ0n) is 19.4. The van der Waals surface area contributed by atoms with Crippen molar-refractivity contribution < 1.29 is 13.2 Å². The lowest BCUT2D eigenvalue weighted by molar-refractivity contribution is -0.139. The van der Waals surface area contributed by atoms with Crippen LogP contribution in [0.1, 0.15) is 52.5 Å². The minimum Gasteiger partial charge on any atom is -0.273 e. The summed E-state index contributed by atoms with van der Waals surface area (Å²) in [5.74, 6) is -0.0713. The number of nitrogens with zero attached hydrogens (tertiary/aromatic N) is 1. The summed E-state index contributed by atoms with van der Waals surface area (Å²) in [5, 5.41) is 0. The normalized spacial score (nSPS) is 30.2. The van der Waals surface area contributed by atoms with Crippen LogP contribution in [0.25, 0.3) is 0 Å². The van der Waals surface area contributed by atoms with E-state index in [1.54, 1.807) is 24.3 Å². The van der Waals surface area contributed by atoms with Gasteiger partial charge in [-0.25, -0.2) is 12.7 Å². The number of allylic oxidation sites excluding steroid dienone is 5. The maximum atomic E-state index is 14.2. The molecule has 1 aromatic carbocycles. The second-order valence-electron chi connectivity index (χ2n) is 9.39. The molecule has 1 amide bonds. The van der Waals surface area contributed by atoms with Crippen molar-refractivity contribution in [2.24, 2.45) is 23.2 Å². The van der Waals surface area contributed by atoms with Gasteiger partial charge in [-0.15, -0.1) is 0 Å². The zero-order valence-corrected chi connectivity index (χ0v) is 20.2. The molecule has 1 aliphatic heterocycles. The van der Waals surface area contributed by atoms with Crippen molar-refractivity contribution in [3.05, 3.63) is 65.8 Å². The summed E-state index contributed by atoms with van der Waals surface area (Å²) >= 11 is 0. The lowest BCUT2D eigenvalue weighted by Gasteiger charge is -2.44. The molecule has 168 valence electrons. The Balaban J connectivity index is 2.18. The largest absolute Gasteiger partial charge is 0.273 e. The van der Waals surface area contributed by atoms with E-state index in [4.69, 9.17) is 0 Å². The van der Waals surface area contributed by atoms with Crippen LogP contribution < -0.4 is 0 Å². The highest BCUT2D eigenvalue weighted by molar-refractivity contribution is 7.89. The standard InChI is InChI=1S/C26H35NO3S/c1-7-9-24-21(6)22(8-2)14-15-26(24)16-19(4)20(5)17-27(25(26)28)31(29,30)23-12-10-18(3)11-13-23/h7-13,19-20,24H,2,14-17H2,1,3-6H3/b9-7-/t19-,20-,24+,26+/m0/s1. The number of rotatable bonds is 4. The molecule has 0 unspecified atom stereocenters. The first kappa shape index (κ1) is 23.5. The first-order chi connectivity index (χ1) is 14.6. The number of benzene rings is 1. The maximum Gasteiger partial charge on any atom is 0.266 e. The van der Waals surface area contributed by atoms with Gasteiger partial charge in [0.05, 0.1) is 10.3 Å². The lowest BCUT2D eigenvalue weighted by atomic mass is 9.60. The molecule has 1 spiro atoms. The number of hydrogen-bond donors (Lipinski definition) is 0. The van der Waals surface area contributed by atoms with E-state index in [1.807, 2.05) is 26.0 Å². The summed E-state index contributed by atoms with van der Waals surface area (Å²) in [6, 6.07) is 6.77. The SMILES string of the molecule is C=CC1=C(C)[C@@H](/C=C\C)[C@@]2(CC1)C[C@H](C)[C@@H](C)CN(S(=O)(=O)c1ccc(C)cc1)C2=O. The van der Waals surface area contributed by atoms with E-state index in [1.165, 1.54) is 9.88 Å². The van der Waals surface area contributed by atoms with E-state index in [9.17, 15) is 13.2 Å². The smallest absolute Gasteiger partial charge is 0.266 e. The van der Waals surface area contributed by atoms with Gasteiger partial charge in [-0.1, -0.05) is 61.9 Å². The fourth-order valence-electron chi connectivity index (χ4n) is 5.26. The Morgan fingerprint density at radius 3 is 2.35 bits per heavy atom. The van der Waals surface area contributed by atoms with Gasteiger partial charge in [0.1, 0.15) is 0 Å². The molecular weight excluding hydrogens is 406 g/mol. The predicted molar refractivity (Wildman–Crippen MR) is 126 cm³/mol. The molecule has 1 fully saturated rings. The van der Waals surface area contributed by atoms with Gasteiger partial charge in [-0.2, -0.15) is 0 Å². The Morgan fingerprint density at radius 1 is 1.13 bits per heavy atom. The molecule has 4 atom stereocenters. The van der Waals surface area contributed by atoms with Crippen LogP contribution in [0, 0.1) is 30.1 Å². The van der Waals surface area contributed by atoms with Crippen molar-refractivity contribution in [1.82, 2.24) is 4.31 Å². The van der Waals surface area contributed by atoms with Crippen molar-refractivity contribution in [2.45, 2.75) is 58.8 Å². The van der Waals surface area contributed by atoms with Crippen LogP contribution in [0.4, 0.5) is 0 Å². The first-order valence-corrected chi connectivity index (χ1v) is 12.6. The highest BCUT2D eigenvalue weighted by Crippen LogP contribution is 2.53. The molecule has 0 aromatic heterocycles. The quantitative estimate of drug-likeness (QED) is 0.566. The average Bonchev–Trinajstić information content (AvgIpc) is 2.82. The summed E-state index contributed by atoms with van der Waals surface area (Å²) < 4.78 is 28.5. The predicted octanol–water partition coefficient (Wildman–Crippen LogP) is 5.66. The van der Waals surface area contributed by atoms with Gasteiger partial charge in [0.25, 0.3) is 10.0 Å². The van der Waals surface area contributed by atoms with Gasteiger partial charge in [0.15, 0.2) is 0 Å². The van der Waals surface area contributed by atoms with Gasteiger partial charge in [-0.3, -0.25) is 4.79 Å². The number of sulfonamides is 1. The summed E-state index contributed by atoms with van der Waals surface area (Å²) in [4.78, 5) is 14.4. The number of carbonyl (C=O) groups is 1. The third-order valence-electron chi connectivity index (χ3n) is 7.41. The minimum atomic E-state index is -3.93. The van der Waals surface area contributed by atoms with Crippen LogP contribution in [-0.4, -0.2) is 25.2 Å². The molecule has 5 heteroatoms. The fourth-order valence-corrected chi connectivity index (χ4v) is 6.82. The monoisotopic (exact) mass is 441 g/mol. The van der Waals surface area contributed by atoms with Crippen molar-refractivity contribution in [3.63, 3.8) is 0 Å².